The molecule has 5 aromatic rings. The number of hydrogen-bond donors (Lipinski definition) is 1. The Kier molecular flexibility index (Phi) is 5.36. The van der Waals surface area contributed by atoms with Crippen LogP contribution in [0.3, 0.4) is 0 Å². The Labute approximate surface area is 195 Å². The lowest BCUT2D eigenvalue weighted by Gasteiger charge is -2.16. The van der Waals surface area contributed by atoms with Gasteiger partial charge in [0.2, 0.25) is 5.95 Å². The minimum atomic E-state index is -0.250. The third-order valence-corrected chi connectivity index (χ3v) is 5.73. The summed E-state index contributed by atoms with van der Waals surface area (Å²) in [5.41, 5.74) is 9.92. The smallest absolute Gasteiger partial charge is 0.268 e. The van der Waals surface area contributed by atoms with Crippen molar-refractivity contribution in [1.29, 1.82) is 0 Å². The Morgan fingerprint density at radius 1 is 0.848 bits per heavy atom. The van der Waals surface area contributed by atoms with Gasteiger partial charge in [-0.1, -0.05) is 73.1 Å². The van der Waals surface area contributed by atoms with Crippen LogP contribution in [0.25, 0.3) is 39.4 Å². The van der Waals surface area contributed by atoms with Crippen molar-refractivity contribution in [1.82, 2.24) is 19.5 Å². The highest BCUT2D eigenvalue weighted by molar-refractivity contribution is 6.30. The van der Waals surface area contributed by atoms with Crippen molar-refractivity contribution in [2.24, 2.45) is 0 Å². The van der Waals surface area contributed by atoms with Gasteiger partial charge in [-0.2, -0.15) is 4.98 Å². The number of aryl methyl sites for hydroxylation is 1. The van der Waals surface area contributed by atoms with E-state index in [0.717, 1.165) is 22.4 Å². The van der Waals surface area contributed by atoms with Crippen LogP contribution in [0, 0.1) is 0 Å². The summed E-state index contributed by atoms with van der Waals surface area (Å²) in [5, 5.41) is 1.12. The van der Waals surface area contributed by atoms with Gasteiger partial charge in [-0.25, -0.2) is 14.5 Å². The topological polar surface area (TPSA) is 86.7 Å². The number of nitrogens with zero attached hydrogens (tertiary/aromatic N) is 4. The van der Waals surface area contributed by atoms with Crippen LogP contribution in [-0.4, -0.2) is 19.5 Å². The first-order valence-electron chi connectivity index (χ1n) is 10.6. The molecule has 0 amide bonds. The molecule has 2 heterocycles. The molecule has 162 valence electrons. The van der Waals surface area contributed by atoms with Gasteiger partial charge in [-0.05, 0) is 36.2 Å². The number of rotatable bonds is 4. The predicted molar refractivity (Wildman–Crippen MR) is 133 cm³/mol. The lowest BCUT2D eigenvalue weighted by atomic mass is 10.0. The van der Waals surface area contributed by atoms with E-state index in [2.05, 4.69) is 4.98 Å². The first-order valence-corrected chi connectivity index (χ1v) is 10.9. The van der Waals surface area contributed by atoms with Crippen LogP contribution in [0.2, 0.25) is 5.02 Å². The van der Waals surface area contributed by atoms with Gasteiger partial charge in [0, 0.05) is 16.1 Å². The summed E-state index contributed by atoms with van der Waals surface area (Å²) in [6.07, 6.45) is 0.605. The zero-order chi connectivity index (χ0) is 22.9. The number of aromatic nitrogens is 4. The molecule has 7 heteroatoms. The third-order valence-electron chi connectivity index (χ3n) is 5.48. The maximum Gasteiger partial charge on any atom is 0.268 e. The summed E-state index contributed by atoms with van der Waals surface area (Å²) in [5.74, 6) is 0.947. The zero-order valence-electron chi connectivity index (χ0n) is 17.9. The standard InChI is InChI=1S/C26H20ClN5O/c1-2-20-22(16-12-14-18(27)15-13-16)23(28)31-26(30-20)32-24(17-8-4-3-5-9-17)29-21-11-7-6-10-19(21)25(32)33/h3-15H,2H2,1H3,(H2,28,30,31). The first kappa shape index (κ1) is 20.8. The van der Waals surface area contributed by atoms with Crippen LogP contribution in [0.15, 0.2) is 83.7 Å². The Balaban J connectivity index is 1.81. The largest absolute Gasteiger partial charge is 0.383 e. The van der Waals surface area contributed by atoms with E-state index < -0.39 is 0 Å². The molecule has 6 nitrogen and oxygen atoms in total. The van der Waals surface area contributed by atoms with Crippen molar-refractivity contribution in [3.05, 3.63) is 99.9 Å². The molecule has 0 saturated carbocycles. The number of anilines is 1. The summed E-state index contributed by atoms with van der Waals surface area (Å²) >= 11 is 6.05. The van der Waals surface area contributed by atoms with E-state index in [1.165, 1.54) is 4.57 Å². The van der Waals surface area contributed by atoms with E-state index in [1.807, 2.05) is 67.6 Å². The van der Waals surface area contributed by atoms with Crippen molar-refractivity contribution in [2.45, 2.75) is 13.3 Å². The molecule has 3 aromatic carbocycles. The van der Waals surface area contributed by atoms with Crippen LogP contribution in [0.4, 0.5) is 5.82 Å². The molecular weight excluding hydrogens is 434 g/mol. The zero-order valence-corrected chi connectivity index (χ0v) is 18.6. The summed E-state index contributed by atoms with van der Waals surface area (Å²) in [6.45, 7) is 1.99. The average molecular weight is 454 g/mol. The number of hydrogen-bond acceptors (Lipinski definition) is 5. The Bertz CT molecular complexity index is 1530. The third kappa shape index (κ3) is 3.75. The van der Waals surface area contributed by atoms with Gasteiger partial charge in [0.05, 0.1) is 16.6 Å². The molecule has 33 heavy (non-hydrogen) atoms. The number of nitrogen functional groups attached to an aromatic ring is 1. The van der Waals surface area contributed by atoms with Crippen molar-refractivity contribution < 1.29 is 0 Å². The highest BCUT2D eigenvalue weighted by atomic mass is 35.5. The van der Waals surface area contributed by atoms with Gasteiger partial charge in [0.25, 0.3) is 5.56 Å². The molecule has 0 aliphatic heterocycles. The molecular formula is C26H20ClN5O. The summed E-state index contributed by atoms with van der Waals surface area (Å²) in [7, 11) is 0. The fourth-order valence-corrected chi connectivity index (χ4v) is 4.03. The molecule has 0 bridgehead atoms. The second-order valence-corrected chi connectivity index (χ2v) is 7.99. The summed E-state index contributed by atoms with van der Waals surface area (Å²) < 4.78 is 1.44. The average Bonchev–Trinajstić information content (AvgIpc) is 2.85. The van der Waals surface area contributed by atoms with Crippen LogP contribution < -0.4 is 11.3 Å². The summed E-state index contributed by atoms with van der Waals surface area (Å²) in [4.78, 5) is 27.7. The van der Waals surface area contributed by atoms with Crippen molar-refractivity contribution >= 4 is 28.3 Å². The van der Waals surface area contributed by atoms with Gasteiger partial charge >= 0.3 is 0 Å². The second kappa shape index (κ2) is 8.48. The minimum absolute atomic E-state index is 0.198. The molecule has 0 aliphatic carbocycles. The van der Waals surface area contributed by atoms with Gasteiger partial charge in [0.1, 0.15) is 5.82 Å². The van der Waals surface area contributed by atoms with Crippen molar-refractivity contribution in [3.8, 4) is 28.5 Å². The van der Waals surface area contributed by atoms with Crippen molar-refractivity contribution in [2.75, 3.05) is 5.73 Å². The molecule has 0 unspecified atom stereocenters. The number of benzene rings is 3. The van der Waals surface area contributed by atoms with Crippen molar-refractivity contribution in [3.63, 3.8) is 0 Å². The fourth-order valence-electron chi connectivity index (χ4n) is 3.90. The normalized spacial score (nSPS) is 11.1. The van der Waals surface area contributed by atoms with Crippen LogP contribution in [-0.2, 0) is 6.42 Å². The maximum atomic E-state index is 13.6. The monoisotopic (exact) mass is 453 g/mol. The molecule has 2 N–H and O–H groups in total. The molecule has 0 saturated heterocycles. The quantitative estimate of drug-likeness (QED) is 0.398. The lowest BCUT2D eigenvalue weighted by Crippen LogP contribution is -2.25. The highest BCUT2D eigenvalue weighted by Crippen LogP contribution is 2.30. The molecule has 0 fully saturated rings. The molecule has 5 rings (SSSR count). The van der Waals surface area contributed by atoms with E-state index in [4.69, 9.17) is 27.3 Å². The molecule has 0 aliphatic rings. The predicted octanol–water partition coefficient (Wildman–Crippen LogP) is 5.31. The molecule has 0 radical (unpaired) electrons. The molecule has 0 atom stereocenters. The van der Waals surface area contributed by atoms with E-state index in [9.17, 15) is 4.79 Å². The van der Waals surface area contributed by atoms with Crippen LogP contribution in [0.1, 0.15) is 12.6 Å². The minimum Gasteiger partial charge on any atom is -0.383 e. The lowest BCUT2D eigenvalue weighted by molar-refractivity contribution is 0.860. The van der Waals surface area contributed by atoms with Gasteiger partial charge in [-0.3, -0.25) is 4.79 Å². The van der Waals surface area contributed by atoms with Gasteiger partial charge < -0.3 is 5.73 Å². The Morgan fingerprint density at radius 3 is 2.27 bits per heavy atom. The van der Waals surface area contributed by atoms with E-state index in [0.29, 0.717) is 34.0 Å². The highest BCUT2D eigenvalue weighted by Gasteiger charge is 2.20. The molecule has 2 aromatic heterocycles. The van der Waals surface area contributed by atoms with Crippen LogP contribution >= 0.6 is 11.6 Å². The Hall–Kier alpha value is -4.03. The number of halogens is 1. The SMILES string of the molecule is CCc1nc(-n2c(-c3ccccc3)nc3ccccc3c2=O)nc(N)c1-c1ccc(Cl)cc1. The molecule has 0 spiro atoms. The maximum absolute atomic E-state index is 13.6. The summed E-state index contributed by atoms with van der Waals surface area (Å²) in [6, 6.07) is 24.1. The second-order valence-electron chi connectivity index (χ2n) is 7.55. The number of nitrogens with two attached hydrogens (primary N) is 1. The fraction of sp³-hybridized carbons (Fsp3) is 0.0769. The van der Waals surface area contributed by atoms with E-state index in [1.54, 1.807) is 18.2 Å². The van der Waals surface area contributed by atoms with E-state index >= 15 is 0 Å². The Morgan fingerprint density at radius 2 is 1.55 bits per heavy atom. The first-order chi connectivity index (χ1) is 16.1. The number of fused-ring (bicyclic) bond motifs is 1. The van der Waals surface area contributed by atoms with E-state index in [-0.39, 0.29) is 11.5 Å². The van der Waals surface area contributed by atoms with Crippen LogP contribution in [0.5, 0.6) is 0 Å². The van der Waals surface area contributed by atoms with Gasteiger partial charge in [-0.15, -0.1) is 0 Å². The van der Waals surface area contributed by atoms with Gasteiger partial charge in [0.15, 0.2) is 5.82 Å². The number of para-hydroxylation sites is 1.